The summed E-state index contributed by atoms with van der Waals surface area (Å²) >= 11 is 0. The fourth-order valence-corrected chi connectivity index (χ4v) is 3.88. The molecule has 0 bridgehead atoms. The number of rotatable bonds is 21. The van der Waals surface area contributed by atoms with Gasteiger partial charge in [-0.15, -0.1) is 0 Å². The van der Waals surface area contributed by atoms with Crippen LogP contribution in [0.2, 0.25) is 0 Å². The van der Waals surface area contributed by atoms with Crippen molar-refractivity contribution in [2.45, 2.75) is 103 Å². The van der Waals surface area contributed by atoms with Gasteiger partial charge in [-0.2, -0.15) is 0 Å². The first-order chi connectivity index (χ1) is 13.9. The summed E-state index contributed by atoms with van der Waals surface area (Å²) in [4.78, 5) is 14.3. The van der Waals surface area contributed by atoms with Gasteiger partial charge in [0.05, 0.1) is 20.6 Å². The zero-order valence-electron chi connectivity index (χ0n) is 21.1. The predicted octanol–water partition coefficient (Wildman–Crippen LogP) is 2.62. The molecule has 182 valence electrons. The molecule has 0 heterocycles. The maximum Gasteiger partial charge on any atom is 0.275 e. The highest BCUT2D eigenvalue weighted by Gasteiger charge is 2.19. The lowest BCUT2D eigenvalue weighted by molar-refractivity contribution is -0.882. The number of amides is 1. The van der Waals surface area contributed by atoms with E-state index in [4.69, 9.17) is 0 Å². The van der Waals surface area contributed by atoms with Gasteiger partial charge in [0.25, 0.3) is 5.91 Å². The molecule has 5 heteroatoms. The molecule has 30 heavy (non-hydrogen) atoms. The summed E-state index contributed by atoms with van der Waals surface area (Å²) in [5.41, 5.74) is 0. The Bertz CT molecular complexity index is 375. The molecule has 0 aromatic rings. The van der Waals surface area contributed by atoms with Crippen LogP contribution in [-0.4, -0.2) is 69.7 Å². The van der Waals surface area contributed by atoms with Gasteiger partial charge in [0.2, 0.25) is 0 Å². The zero-order valence-corrected chi connectivity index (χ0v) is 21.9. The number of carbonyl (C=O) groups excluding carboxylic acids is 1. The standard InChI is InChI=1S/C25H53N3O.ClH/c1-6-7-8-9-10-11-12-13-14-15-16-17-18-19-23-28(4,5)24-25(29)26-21-20-22-27(2)3;/h6-24H2,1-5H3;1H. The summed E-state index contributed by atoms with van der Waals surface area (Å²) in [6.07, 6.45) is 20.5. The molecule has 0 aliphatic rings. The molecule has 0 aromatic heterocycles. The quantitative estimate of drug-likeness (QED) is 0.216. The molecule has 0 radical (unpaired) electrons. The number of hydrogen-bond acceptors (Lipinski definition) is 2. The van der Waals surface area contributed by atoms with Crippen LogP contribution in [-0.2, 0) is 4.79 Å². The van der Waals surface area contributed by atoms with Crippen LogP contribution in [0.15, 0.2) is 0 Å². The highest BCUT2D eigenvalue weighted by molar-refractivity contribution is 5.76. The molecule has 0 aliphatic heterocycles. The second kappa shape index (κ2) is 21.9. The van der Waals surface area contributed by atoms with E-state index in [9.17, 15) is 4.79 Å². The first kappa shape index (κ1) is 31.9. The van der Waals surface area contributed by atoms with Gasteiger partial charge in [-0.1, -0.05) is 84.0 Å². The molecule has 0 aliphatic carbocycles. The van der Waals surface area contributed by atoms with E-state index in [2.05, 4.69) is 45.3 Å². The average molecular weight is 448 g/mol. The second-order valence-electron chi connectivity index (χ2n) is 9.92. The Balaban J connectivity index is 0. The van der Waals surface area contributed by atoms with Gasteiger partial charge in [0.15, 0.2) is 6.54 Å². The van der Waals surface area contributed by atoms with E-state index in [-0.39, 0.29) is 18.3 Å². The van der Waals surface area contributed by atoms with Crippen molar-refractivity contribution in [1.29, 1.82) is 0 Å². The fraction of sp³-hybridized carbons (Fsp3) is 0.960. The summed E-state index contributed by atoms with van der Waals surface area (Å²) in [5, 5.41) is 3.06. The van der Waals surface area contributed by atoms with Gasteiger partial charge < -0.3 is 27.1 Å². The lowest BCUT2D eigenvalue weighted by atomic mass is 10.0. The van der Waals surface area contributed by atoms with E-state index >= 15 is 0 Å². The first-order valence-corrected chi connectivity index (χ1v) is 12.6. The molecule has 4 nitrogen and oxygen atoms in total. The summed E-state index contributed by atoms with van der Waals surface area (Å²) in [7, 11) is 8.50. The Morgan fingerprint density at radius 2 is 1.17 bits per heavy atom. The molecule has 0 unspecified atom stereocenters. The van der Waals surface area contributed by atoms with E-state index in [0.29, 0.717) is 6.54 Å². The molecule has 0 saturated heterocycles. The fourth-order valence-electron chi connectivity index (χ4n) is 3.88. The van der Waals surface area contributed by atoms with Crippen LogP contribution < -0.4 is 17.7 Å². The third-order valence-corrected chi connectivity index (χ3v) is 5.79. The smallest absolute Gasteiger partial charge is 0.275 e. The van der Waals surface area contributed by atoms with Crippen molar-refractivity contribution in [3.8, 4) is 0 Å². The number of nitrogens with zero attached hydrogens (tertiary/aromatic N) is 2. The first-order valence-electron chi connectivity index (χ1n) is 12.6. The molecule has 0 spiro atoms. The third kappa shape index (κ3) is 24.0. The SMILES string of the molecule is CCCCCCCCCCCCCCCC[N+](C)(C)CC(=O)NCCCN(C)C.[Cl-]. The highest BCUT2D eigenvalue weighted by Crippen LogP contribution is 2.13. The Morgan fingerprint density at radius 3 is 1.60 bits per heavy atom. The van der Waals surface area contributed by atoms with Crippen LogP contribution in [0.25, 0.3) is 0 Å². The number of quaternary nitrogens is 1. The Hall–Kier alpha value is -0.320. The maximum absolute atomic E-state index is 12.1. The molecular formula is C25H54ClN3O. The van der Waals surface area contributed by atoms with E-state index in [1.165, 1.54) is 89.9 Å². The van der Waals surface area contributed by atoms with Crippen molar-refractivity contribution in [3.63, 3.8) is 0 Å². The topological polar surface area (TPSA) is 32.3 Å². The van der Waals surface area contributed by atoms with Crippen molar-refractivity contribution < 1.29 is 21.7 Å². The van der Waals surface area contributed by atoms with Crippen LogP contribution in [0.5, 0.6) is 0 Å². The predicted molar refractivity (Wildman–Crippen MR) is 128 cm³/mol. The van der Waals surface area contributed by atoms with Crippen LogP contribution >= 0.6 is 0 Å². The second-order valence-corrected chi connectivity index (χ2v) is 9.92. The van der Waals surface area contributed by atoms with E-state index in [0.717, 1.165) is 30.5 Å². The molecule has 0 atom stereocenters. The van der Waals surface area contributed by atoms with Gasteiger partial charge in [-0.25, -0.2) is 0 Å². The molecule has 0 aromatic carbocycles. The Kier molecular flexibility index (Phi) is 23.3. The summed E-state index contributed by atoms with van der Waals surface area (Å²) < 4.78 is 0.803. The van der Waals surface area contributed by atoms with E-state index in [1.54, 1.807) is 0 Å². The molecular weight excluding hydrogens is 394 g/mol. The Morgan fingerprint density at radius 1 is 0.733 bits per heavy atom. The molecule has 0 saturated carbocycles. The number of carbonyl (C=O) groups is 1. The number of hydrogen-bond donors (Lipinski definition) is 1. The lowest BCUT2D eigenvalue weighted by Gasteiger charge is -2.29. The number of nitrogens with one attached hydrogen (secondary N) is 1. The van der Waals surface area contributed by atoms with Crippen LogP contribution in [0, 0.1) is 0 Å². The summed E-state index contributed by atoms with van der Waals surface area (Å²) in [6, 6.07) is 0. The number of halogens is 1. The van der Waals surface area contributed by atoms with Crippen molar-refractivity contribution >= 4 is 5.91 Å². The highest BCUT2D eigenvalue weighted by atomic mass is 35.5. The molecule has 1 amide bonds. The zero-order chi connectivity index (χ0) is 21.8. The van der Waals surface area contributed by atoms with Gasteiger partial charge in [0, 0.05) is 6.54 Å². The molecule has 0 rings (SSSR count). The van der Waals surface area contributed by atoms with Gasteiger partial charge in [0.1, 0.15) is 0 Å². The monoisotopic (exact) mass is 447 g/mol. The minimum absolute atomic E-state index is 0. The average Bonchev–Trinajstić information content (AvgIpc) is 2.65. The minimum Gasteiger partial charge on any atom is -1.00 e. The van der Waals surface area contributed by atoms with Crippen LogP contribution in [0.4, 0.5) is 0 Å². The number of unbranched alkanes of at least 4 members (excludes halogenated alkanes) is 13. The van der Waals surface area contributed by atoms with Crippen molar-refractivity contribution in [2.24, 2.45) is 0 Å². The molecule has 1 N–H and O–H groups in total. The van der Waals surface area contributed by atoms with Crippen LogP contribution in [0.1, 0.15) is 103 Å². The van der Waals surface area contributed by atoms with Crippen molar-refractivity contribution in [3.05, 3.63) is 0 Å². The lowest BCUT2D eigenvalue weighted by Crippen LogP contribution is -3.00. The largest absolute Gasteiger partial charge is 1.00 e. The van der Waals surface area contributed by atoms with Gasteiger partial charge >= 0.3 is 0 Å². The third-order valence-electron chi connectivity index (χ3n) is 5.79. The van der Waals surface area contributed by atoms with E-state index < -0.39 is 0 Å². The summed E-state index contributed by atoms with van der Waals surface area (Å²) in [6.45, 7) is 5.80. The van der Waals surface area contributed by atoms with Crippen LogP contribution in [0.3, 0.4) is 0 Å². The minimum atomic E-state index is 0. The summed E-state index contributed by atoms with van der Waals surface area (Å²) in [5.74, 6) is 0.194. The van der Waals surface area contributed by atoms with Crippen molar-refractivity contribution in [2.75, 3.05) is 54.4 Å². The normalized spacial score (nSPS) is 11.5. The Labute approximate surface area is 195 Å². The van der Waals surface area contributed by atoms with Gasteiger partial charge in [-0.3, -0.25) is 4.79 Å². The number of likely N-dealkylation sites (N-methyl/N-ethyl adjacent to an activating group) is 1. The van der Waals surface area contributed by atoms with Gasteiger partial charge in [-0.05, 0) is 39.9 Å². The molecule has 0 fully saturated rings. The van der Waals surface area contributed by atoms with Crippen molar-refractivity contribution in [1.82, 2.24) is 10.2 Å². The maximum atomic E-state index is 12.1. The van der Waals surface area contributed by atoms with E-state index in [1.807, 2.05) is 0 Å².